The summed E-state index contributed by atoms with van der Waals surface area (Å²) >= 11 is 5.43. The quantitative estimate of drug-likeness (QED) is 0.666. The summed E-state index contributed by atoms with van der Waals surface area (Å²) in [6.45, 7) is 0. The summed E-state index contributed by atoms with van der Waals surface area (Å²) in [5.41, 5.74) is -2.16. The molecule has 1 heterocycles. The van der Waals surface area contributed by atoms with E-state index >= 15 is 0 Å². The lowest BCUT2D eigenvalue weighted by atomic mass is 10.2. The fraction of sp³-hybridized carbons (Fsp3) is 0.250. The number of alkyl halides is 2. The lowest BCUT2D eigenvalue weighted by Gasteiger charge is -2.06. The Morgan fingerprint density at radius 2 is 2.24 bits per heavy atom. The van der Waals surface area contributed by atoms with E-state index in [4.69, 9.17) is 16.7 Å². The van der Waals surface area contributed by atoms with Gasteiger partial charge in [-0.05, 0) is 0 Å². The van der Waals surface area contributed by atoms with Crippen molar-refractivity contribution in [1.29, 1.82) is 0 Å². The number of hydrogen-bond acceptors (Lipinski definition) is 4. The SMILES string of the molecule is O=C(O)Cc1ncc(C(F)F)c(Cl)c1[N+](=O)[O-]. The molecule has 0 aromatic carbocycles. The predicted octanol–water partition coefficient (Wildman–Crippen LogP) is 2.21. The minimum Gasteiger partial charge on any atom is -0.481 e. The molecule has 0 aliphatic rings. The average Bonchev–Trinajstić information content (AvgIpc) is 2.15. The highest BCUT2D eigenvalue weighted by molar-refractivity contribution is 6.33. The molecule has 0 atom stereocenters. The predicted molar refractivity (Wildman–Crippen MR) is 52.2 cm³/mol. The van der Waals surface area contributed by atoms with Crippen molar-refractivity contribution in [2.75, 3.05) is 0 Å². The van der Waals surface area contributed by atoms with E-state index in [9.17, 15) is 23.7 Å². The number of nitro groups is 1. The highest BCUT2D eigenvalue weighted by Gasteiger charge is 2.27. The number of aliphatic carboxylic acids is 1. The molecule has 0 bridgehead atoms. The Morgan fingerprint density at radius 3 is 2.65 bits per heavy atom. The molecule has 1 rings (SSSR count). The van der Waals surface area contributed by atoms with Gasteiger partial charge in [-0.25, -0.2) is 8.78 Å². The highest BCUT2D eigenvalue weighted by atomic mass is 35.5. The molecule has 0 fully saturated rings. The van der Waals surface area contributed by atoms with Gasteiger partial charge in [-0.15, -0.1) is 0 Å². The van der Waals surface area contributed by atoms with Crippen LogP contribution in [0.1, 0.15) is 17.7 Å². The Kier molecular flexibility index (Phi) is 3.89. The zero-order valence-corrected chi connectivity index (χ0v) is 8.82. The van der Waals surface area contributed by atoms with Gasteiger partial charge in [-0.2, -0.15) is 0 Å². The third-order valence-corrected chi connectivity index (χ3v) is 2.23. The van der Waals surface area contributed by atoms with Gasteiger partial charge in [0.25, 0.3) is 6.43 Å². The minimum absolute atomic E-state index is 0.461. The van der Waals surface area contributed by atoms with Crippen LogP contribution >= 0.6 is 11.6 Å². The molecule has 92 valence electrons. The standard InChI is InChI=1S/C8H5ClF2N2O4/c9-6-3(8(10)11)2-12-4(1-5(14)15)7(6)13(16)17/h2,8H,1H2,(H,14,15). The van der Waals surface area contributed by atoms with E-state index in [-0.39, 0.29) is 0 Å². The van der Waals surface area contributed by atoms with Crippen molar-refractivity contribution in [3.8, 4) is 0 Å². The smallest absolute Gasteiger partial charge is 0.310 e. The summed E-state index contributed by atoms with van der Waals surface area (Å²) in [6.07, 6.45) is -3.15. The molecule has 0 spiro atoms. The van der Waals surface area contributed by atoms with Crippen molar-refractivity contribution in [2.45, 2.75) is 12.8 Å². The van der Waals surface area contributed by atoms with E-state index in [2.05, 4.69) is 4.98 Å². The first-order valence-corrected chi connectivity index (χ1v) is 4.54. The van der Waals surface area contributed by atoms with Gasteiger partial charge in [0.2, 0.25) is 0 Å². The normalized spacial score (nSPS) is 10.6. The van der Waals surface area contributed by atoms with Crippen LogP contribution in [0.4, 0.5) is 14.5 Å². The first kappa shape index (κ1) is 13.2. The summed E-state index contributed by atoms with van der Waals surface area (Å²) in [5.74, 6) is -1.37. The molecule has 9 heteroatoms. The van der Waals surface area contributed by atoms with Crippen molar-refractivity contribution in [2.24, 2.45) is 0 Å². The van der Waals surface area contributed by atoms with E-state index in [1.807, 2.05) is 0 Å². The number of carboxylic acid groups (broad SMARTS) is 1. The molecule has 0 radical (unpaired) electrons. The first-order chi connectivity index (χ1) is 7.84. The Bertz CT molecular complexity index is 481. The maximum atomic E-state index is 12.4. The third-order valence-electron chi connectivity index (χ3n) is 1.83. The van der Waals surface area contributed by atoms with E-state index in [0.29, 0.717) is 6.20 Å². The number of rotatable bonds is 4. The van der Waals surface area contributed by atoms with Crippen LogP contribution in [-0.2, 0) is 11.2 Å². The van der Waals surface area contributed by atoms with Gasteiger partial charge in [0, 0.05) is 6.20 Å². The van der Waals surface area contributed by atoms with Crippen molar-refractivity contribution in [3.63, 3.8) is 0 Å². The molecular weight excluding hydrogens is 262 g/mol. The molecule has 1 aromatic rings. The molecule has 0 unspecified atom stereocenters. The maximum Gasteiger partial charge on any atom is 0.310 e. The molecule has 17 heavy (non-hydrogen) atoms. The van der Waals surface area contributed by atoms with Crippen LogP contribution in [0.2, 0.25) is 5.02 Å². The number of hydrogen-bond donors (Lipinski definition) is 1. The number of carbonyl (C=O) groups is 1. The van der Waals surface area contributed by atoms with Crippen LogP contribution in [0.5, 0.6) is 0 Å². The monoisotopic (exact) mass is 266 g/mol. The first-order valence-electron chi connectivity index (χ1n) is 4.16. The van der Waals surface area contributed by atoms with Gasteiger partial charge < -0.3 is 5.11 Å². The summed E-state index contributed by atoms with van der Waals surface area (Å²) in [4.78, 5) is 23.4. The van der Waals surface area contributed by atoms with Crippen LogP contribution < -0.4 is 0 Å². The molecule has 0 aliphatic heterocycles. The second-order valence-electron chi connectivity index (χ2n) is 2.95. The molecule has 0 aliphatic carbocycles. The summed E-state index contributed by atoms with van der Waals surface area (Å²) < 4.78 is 24.8. The summed E-state index contributed by atoms with van der Waals surface area (Å²) in [7, 11) is 0. The highest BCUT2D eigenvalue weighted by Crippen LogP contribution is 2.35. The van der Waals surface area contributed by atoms with E-state index < -0.39 is 45.7 Å². The van der Waals surface area contributed by atoms with Crippen LogP contribution in [0.15, 0.2) is 6.20 Å². The summed E-state index contributed by atoms with van der Waals surface area (Å²) in [6, 6.07) is 0. The van der Waals surface area contributed by atoms with Crippen molar-refractivity contribution >= 4 is 23.3 Å². The molecule has 0 saturated carbocycles. The van der Waals surface area contributed by atoms with Crippen LogP contribution in [0.3, 0.4) is 0 Å². The molecule has 0 saturated heterocycles. The Labute approximate surface area is 98.0 Å². The minimum atomic E-state index is -3.02. The summed E-state index contributed by atoms with van der Waals surface area (Å²) in [5, 5.41) is 18.3. The number of carboxylic acids is 1. The molecule has 1 N–H and O–H groups in total. The fourth-order valence-electron chi connectivity index (χ4n) is 1.14. The second kappa shape index (κ2) is 5.00. The van der Waals surface area contributed by atoms with Crippen LogP contribution in [0, 0.1) is 10.1 Å². The van der Waals surface area contributed by atoms with E-state index in [1.54, 1.807) is 0 Å². The second-order valence-corrected chi connectivity index (χ2v) is 3.33. The van der Waals surface area contributed by atoms with Gasteiger partial charge in [0.15, 0.2) is 0 Å². The number of pyridine rings is 1. The average molecular weight is 267 g/mol. The van der Waals surface area contributed by atoms with E-state index in [0.717, 1.165) is 0 Å². The largest absolute Gasteiger partial charge is 0.481 e. The zero-order chi connectivity index (χ0) is 13.2. The van der Waals surface area contributed by atoms with Crippen LogP contribution in [0.25, 0.3) is 0 Å². The van der Waals surface area contributed by atoms with Crippen molar-refractivity contribution in [1.82, 2.24) is 4.98 Å². The lowest BCUT2D eigenvalue weighted by Crippen LogP contribution is -2.08. The van der Waals surface area contributed by atoms with Gasteiger partial charge in [0.1, 0.15) is 10.7 Å². The zero-order valence-electron chi connectivity index (χ0n) is 8.06. The topological polar surface area (TPSA) is 93.3 Å². The van der Waals surface area contributed by atoms with Gasteiger partial charge in [-0.1, -0.05) is 11.6 Å². The lowest BCUT2D eigenvalue weighted by molar-refractivity contribution is -0.385. The third kappa shape index (κ3) is 2.84. The maximum absolute atomic E-state index is 12.4. The van der Waals surface area contributed by atoms with Gasteiger partial charge in [-0.3, -0.25) is 19.9 Å². The Balaban J connectivity index is 3.39. The van der Waals surface area contributed by atoms with Crippen molar-refractivity contribution < 1.29 is 23.6 Å². The molecule has 6 nitrogen and oxygen atoms in total. The van der Waals surface area contributed by atoms with E-state index in [1.165, 1.54) is 0 Å². The number of halogens is 3. The Hall–Kier alpha value is -1.83. The molecular formula is C8H5ClF2N2O4. The molecule has 1 aromatic heterocycles. The van der Waals surface area contributed by atoms with Gasteiger partial charge >= 0.3 is 11.7 Å². The van der Waals surface area contributed by atoms with Crippen molar-refractivity contribution in [3.05, 3.63) is 32.6 Å². The van der Waals surface area contributed by atoms with Gasteiger partial charge in [0.05, 0.1) is 16.9 Å². The number of aromatic nitrogens is 1. The fourth-order valence-corrected chi connectivity index (χ4v) is 1.45. The molecule has 0 amide bonds. The van der Waals surface area contributed by atoms with Crippen LogP contribution in [-0.4, -0.2) is 21.0 Å². The number of nitrogens with zero attached hydrogens (tertiary/aromatic N) is 2. The Morgan fingerprint density at radius 1 is 1.65 bits per heavy atom.